The number of carbonyl (C=O) groups excluding carboxylic acids is 3. The van der Waals surface area contributed by atoms with E-state index in [1.807, 2.05) is 19.9 Å². The molecule has 2 aromatic carbocycles. The van der Waals surface area contributed by atoms with Gasteiger partial charge in [0.05, 0.1) is 39.2 Å². The molecule has 1 aromatic heterocycles. The number of amides is 4. The van der Waals surface area contributed by atoms with Crippen molar-refractivity contribution >= 4 is 61.5 Å². The van der Waals surface area contributed by atoms with Gasteiger partial charge in [0.25, 0.3) is 5.91 Å². The number of nitrogens with zero attached hydrogens (tertiary/aromatic N) is 4. The van der Waals surface area contributed by atoms with E-state index in [0.717, 1.165) is 31.0 Å². The summed E-state index contributed by atoms with van der Waals surface area (Å²) in [5.74, 6) is -1.81. The van der Waals surface area contributed by atoms with Crippen LogP contribution in [-0.4, -0.2) is 88.2 Å². The molecule has 3 atom stereocenters. The van der Waals surface area contributed by atoms with Gasteiger partial charge >= 0.3 is 11.0 Å². The van der Waals surface area contributed by atoms with Gasteiger partial charge in [-0.2, -0.15) is 4.31 Å². The fourth-order valence-electron chi connectivity index (χ4n) is 5.73. The Morgan fingerprint density at radius 1 is 1.10 bits per heavy atom. The number of nitro groups is 1. The minimum absolute atomic E-state index is 0.0516. The number of sulfonamides is 1. The highest BCUT2D eigenvalue weighted by Crippen LogP contribution is 2.28. The fourth-order valence-corrected chi connectivity index (χ4v) is 8.22. The molecule has 14 nitrogen and oxygen atoms in total. The van der Waals surface area contributed by atoms with E-state index in [1.54, 1.807) is 38.1 Å². The van der Waals surface area contributed by atoms with Crippen LogP contribution in [0.1, 0.15) is 38.8 Å². The summed E-state index contributed by atoms with van der Waals surface area (Å²) < 4.78 is 28.8. The van der Waals surface area contributed by atoms with Gasteiger partial charge in [0, 0.05) is 24.5 Å². The average Bonchev–Trinajstić information content (AvgIpc) is 3.62. The Kier molecular flexibility index (Phi) is 12.6. The number of aliphatic hydroxyl groups excluding tert-OH is 1. The molecule has 1 aliphatic rings. The van der Waals surface area contributed by atoms with E-state index in [9.17, 15) is 38.0 Å². The Balaban J connectivity index is 1.59. The first-order chi connectivity index (χ1) is 23.5. The molecule has 0 spiro atoms. The Labute approximate surface area is 300 Å². The minimum Gasteiger partial charge on any atom is -0.397 e. The minimum atomic E-state index is -4.17. The molecule has 0 radical (unpaired) electrons. The number of imide groups is 1. The fraction of sp³-hybridized carbons (Fsp3) is 0.424. The van der Waals surface area contributed by atoms with Crippen molar-refractivity contribution in [1.29, 1.82) is 0 Å². The first-order valence-electron chi connectivity index (χ1n) is 15.9. The number of thiophene rings is 1. The van der Waals surface area contributed by atoms with E-state index in [1.165, 1.54) is 29.6 Å². The lowest BCUT2D eigenvalue weighted by Gasteiger charge is -2.34. The number of hydrogen-bond acceptors (Lipinski definition) is 10. The molecule has 4 N–H and O–H groups in total. The Morgan fingerprint density at radius 2 is 1.78 bits per heavy atom. The van der Waals surface area contributed by atoms with Crippen molar-refractivity contribution in [3.8, 4) is 0 Å². The van der Waals surface area contributed by atoms with Crippen molar-refractivity contribution in [2.45, 2.75) is 63.7 Å². The van der Waals surface area contributed by atoms with Gasteiger partial charge in [0.2, 0.25) is 15.9 Å². The number of nitrogen functional groups attached to an aromatic ring is 1. The number of halogens is 1. The molecule has 0 bridgehead atoms. The highest BCUT2D eigenvalue weighted by atomic mass is 35.5. The number of carbonyl (C=O) groups is 3. The number of urea groups is 1. The molecule has 270 valence electrons. The number of nitrogens with one attached hydrogen (secondary N) is 1. The smallest absolute Gasteiger partial charge is 0.328 e. The Bertz CT molecular complexity index is 1820. The van der Waals surface area contributed by atoms with Crippen molar-refractivity contribution in [2.75, 3.05) is 25.4 Å². The van der Waals surface area contributed by atoms with Crippen LogP contribution in [0.4, 0.5) is 15.5 Å². The second-order valence-corrected chi connectivity index (χ2v) is 16.1. The molecule has 2 heterocycles. The number of aliphatic hydroxyl groups is 1. The summed E-state index contributed by atoms with van der Waals surface area (Å²) in [4.78, 5) is 53.2. The van der Waals surface area contributed by atoms with E-state index in [4.69, 9.17) is 17.3 Å². The van der Waals surface area contributed by atoms with Gasteiger partial charge in [-0.3, -0.25) is 24.6 Å². The van der Waals surface area contributed by atoms with Crippen molar-refractivity contribution in [2.24, 2.45) is 11.8 Å². The van der Waals surface area contributed by atoms with Crippen LogP contribution in [-0.2, 0) is 32.6 Å². The summed E-state index contributed by atoms with van der Waals surface area (Å²) in [6.45, 7) is 6.18. The molecule has 4 rings (SSSR count). The summed E-state index contributed by atoms with van der Waals surface area (Å²) in [5.41, 5.74) is 7.14. The standard InChI is InChI=1S/C33H41ClN6O8S2/c1-20(2)15-37(50(47,48)24-10-11-25(34)26(35)14-24)17-28(41)27(12-22-8-6-5-7-9-22)36-32(43)31(21(3)4)39-18-29(42)38(33(39)44)16-23-13-30(40(45)46)49-19-23/h5-11,13-14,19-21,27-28,31,41H,12,15-18,35H2,1-4H3,(H,36,43)/t27-,28-,31-/m0/s1. The lowest BCUT2D eigenvalue weighted by Crippen LogP contribution is -2.57. The lowest BCUT2D eigenvalue weighted by molar-refractivity contribution is -0.380. The number of hydrogen-bond donors (Lipinski definition) is 3. The summed E-state index contributed by atoms with van der Waals surface area (Å²) in [6.07, 6.45) is -1.29. The molecule has 0 unspecified atom stereocenters. The normalized spacial score (nSPS) is 15.6. The van der Waals surface area contributed by atoms with Gasteiger partial charge in [0.15, 0.2) is 0 Å². The molecule has 4 amide bonds. The van der Waals surface area contributed by atoms with Crippen molar-refractivity contribution < 1.29 is 32.8 Å². The highest BCUT2D eigenvalue weighted by Gasteiger charge is 2.44. The molecule has 50 heavy (non-hydrogen) atoms. The molecule has 0 aliphatic carbocycles. The number of nitrogens with two attached hydrogens (primary N) is 1. The van der Waals surface area contributed by atoms with Crippen LogP contribution >= 0.6 is 22.9 Å². The zero-order chi connectivity index (χ0) is 36.9. The average molecular weight is 749 g/mol. The zero-order valence-corrected chi connectivity index (χ0v) is 30.5. The number of benzene rings is 2. The van der Waals surface area contributed by atoms with Crippen LogP contribution in [0.15, 0.2) is 64.9 Å². The predicted octanol–water partition coefficient (Wildman–Crippen LogP) is 4.12. The maximum Gasteiger partial charge on any atom is 0.328 e. The maximum atomic E-state index is 14.0. The molecule has 0 saturated carbocycles. The topological polar surface area (TPSA) is 196 Å². The van der Waals surface area contributed by atoms with Gasteiger partial charge < -0.3 is 21.1 Å². The summed E-state index contributed by atoms with van der Waals surface area (Å²) in [5, 5.41) is 27.2. The van der Waals surface area contributed by atoms with E-state index in [-0.39, 0.29) is 52.6 Å². The Morgan fingerprint density at radius 3 is 2.36 bits per heavy atom. The highest BCUT2D eigenvalue weighted by molar-refractivity contribution is 7.89. The largest absolute Gasteiger partial charge is 0.397 e. The molecular formula is C33H41ClN6O8S2. The lowest BCUT2D eigenvalue weighted by atomic mass is 9.97. The van der Waals surface area contributed by atoms with Crippen molar-refractivity contribution in [1.82, 2.24) is 19.4 Å². The number of anilines is 1. The van der Waals surface area contributed by atoms with E-state index in [2.05, 4.69) is 5.32 Å². The quantitative estimate of drug-likeness (QED) is 0.0836. The van der Waals surface area contributed by atoms with Crippen LogP contribution in [0.5, 0.6) is 0 Å². The van der Waals surface area contributed by atoms with Gasteiger partial charge in [-0.1, -0.05) is 81.0 Å². The molecule has 17 heteroatoms. The zero-order valence-electron chi connectivity index (χ0n) is 28.1. The molecular weight excluding hydrogens is 708 g/mol. The monoisotopic (exact) mass is 748 g/mol. The molecule has 1 saturated heterocycles. The van der Waals surface area contributed by atoms with E-state index in [0.29, 0.717) is 5.56 Å². The second-order valence-electron chi connectivity index (χ2n) is 12.9. The molecule has 1 aliphatic heterocycles. The predicted molar refractivity (Wildman–Crippen MR) is 190 cm³/mol. The summed E-state index contributed by atoms with van der Waals surface area (Å²) in [6, 6.07) is 11.4. The van der Waals surface area contributed by atoms with Crippen LogP contribution in [0.2, 0.25) is 5.02 Å². The van der Waals surface area contributed by atoms with E-state index < -0.39 is 63.4 Å². The third-order valence-electron chi connectivity index (χ3n) is 8.13. The summed E-state index contributed by atoms with van der Waals surface area (Å²) in [7, 11) is -4.17. The van der Waals surface area contributed by atoms with Gasteiger partial charge in [-0.05, 0) is 47.6 Å². The summed E-state index contributed by atoms with van der Waals surface area (Å²) >= 11 is 6.91. The van der Waals surface area contributed by atoms with Crippen LogP contribution in [0.25, 0.3) is 0 Å². The third-order valence-corrected chi connectivity index (χ3v) is 11.2. The van der Waals surface area contributed by atoms with Crippen molar-refractivity contribution in [3.63, 3.8) is 0 Å². The first-order valence-corrected chi connectivity index (χ1v) is 18.6. The van der Waals surface area contributed by atoms with Gasteiger partial charge in [-0.25, -0.2) is 13.2 Å². The van der Waals surface area contributed by atoms with Gasteiger partial charge in [-0.15, -0.1) is 0 Å². The van der Waals surface area contributed by atoms with Crippen molar-refractivity contribution in [3.05, 3.63) is 86.2 Å². The SMILES string of the molecule is CC(C)CN(C[C@H](O)[C@H](Cc1ccccc1)NC(=O)[C@H](C(C)C)N1CC(=O)N(Cc2csc([N+](=O)[O-])c2)C1=O)S(=O)(=O)c1ccc(Cl)c(N)c1. The first kappa shape index (κ1) is 38.7. The maximum absolute atomic E-state index is 14.0. The van der Waals surface area contributed by atoms with Crippen LogP contribution in [0, 0.1) is 22.0 Å². The van der Waals surface area contributed by atoms with Crippen LogP contribution in [0.3, 0.4) is 0 Å². The number of rotatable bonds is 16. The molecule has 3 aromatic rings. The van der Waals surface area contributed by atoms with E-state index >= 15 is 0 Å². The van der Waals surface area contributed by atoms with Gasteiger partial charge in [0.1, 0.15) is 12.6 Å². The van der Waals surface area contributed by atoms with Crippen LogP contribution < -0.4 is 11.1 Å². The Hall–Kier alpha value is -4.09. The third kappa shape index (κ3) is 9.17. The second kappa shape index (κ2) is 16.3. The molecule has 1 fully saturated rings.